The van der Waals surface area contributed by atoms with Gasteiger partial charge in [0, 0.05) is 19.6 Å². The first kappa shape index (κ1) is 15.5. The van der Waals surface area contributed by atoms with Gasteiger partial charge in [0.25, 0.3) is 0 Å². The zero-order chi connectivity index (χ0) is 15.4. The molecule has 3 atom stereocenters. The molecule has 4 nitrogen and oxygen atoms in total. The van der Waals surface area contributed by atoms with E-state index in [4.69, 9.17) is 9.47 Å². The highest BCUT2D eigenvalue weighted by Crippen LogP contribution is 2.32. The van der Waals surface area contributed by atoms with E-state index < -0.39 is 0 Å². The number of hydrogen-bond acceptors (Lipinski definition) is 3. The van der Waals surface area contributed by atoms with Crippen LogP contribution in [0.3, 0.4) is 0 Å². The predicted octanol–water partition coefficient (Wildman–Crippen LogP) is 2.41. The SMILES string of the molecule is CCO[C@@H]1CC[C@@H]2[C@H]1OCCN2C(=O)CCc1ccccc1. The minimum Gasteiger partial charge on any atom is -0.376 e. The van der Waals surface area contributed by atoms with E-state index in [-0.39, 0.29) is 24.2 Å². The van der Waals surface area contributed by atoms with Crippen LogP contribution in [0, 0.1) is 0 Å². The Morgan fingerprint density at radius 3 is 2.91 bits per heavy atom. The van der Waals surface area contributed by atoms with Crippen molar-refractivity contribution >= 4 is 5.91 Å². The van der Waals surface area contributed by atoms with Gasteiger partial charge >= 0.3 is 0 Å². The van der Waals surface area contributed by atoms with Gasteiger partial charge in [-0.1, -0.05) is 30.3 Å². The molecule has 1 aliphatic carbocycles. The summed E-state index contributed by atoms with van der Waals surface area (Å²) in [4.78, 5) is 14.6. The van der Waals surface area contributed by atoms with Crippen molar-refractivity contribution in [3.63, 3.8) is 0 Å². The summed E-state index contributed by atoms with van der Waals surface area (Å²) in [7, 11) is 0. The Kier molecular flexibility index (Phi) is 5.11. The Morgan fingerprint density at radius 2 is 2.14 bits per heavy atom. The van der Waals surface area contributed by atoms with E-state index in [0.717, 1.165) is 19.3 Å². The fraction of sp³-hybridized carbons (Fsp3) is 0.611. The van der Waals surface area contributed by atoms with E-state index in [1.54, 1.807) is 0 Å². The van der Waals surface area contributed by atoms with Crippen molar-refractivity contribution in [3.05, 3.63) is 35.9 Å². The molecule has 0 spiro atoms. The van der Waals surface area contributed by atoms with Gasteiger partial charge < -0.3 is 14.4 Å². The fourth-order valence-corrected chi connectivity index (χ4v) is 3.66. The predicted molar refractivity (Wildman–Crippen MR) is 84.7 cm³/mol. The number of rotatable bonds is 5. The summed E-state index contributed by atoms with van der Waals surface area (Å²) in [6.07, 6.45) is 3.59. The summed E-state index contributed by atoms with van der Waals surface area (Å²) in [6, 6.07) is 10.4. The van der Waals surface area contributed by atoms with Crippen LogP contribution >= 0.6 is 0 Å². The van der Waals surface area contributed by atoms with Crippen molar-refractivity contribution in [2.75, 3.05) is 19.8 Å². The molecule has 1 saturated carbocycles. The number of carbonyl (C=O) groups excluding carboxylic acids is 1. The Hall–Kier alpha value is -1.39. The second-order valence-electron chi connectivity index (χ2n) is 6.05. The third-order valence-corrected chi connectivity index (χ3v) is 4.71. The minimum absolute atomic E-state index is 0.0642. The topological polar surface area (TPSA) is 38.8 Å². The Morgan fingerprint density at radius 1 is 1.32 bits per heavy atom. The van der Waals surface area contributed by atoms with Crippen LogP contribution in [0.1, 0.15) is 31.7 Å². The van der Waals surface area contributed by atoms with Gasteiger partial charge in [0.1, 0.15) is 6.10 Å². The third-order valence-electron chi connectivity index (χ3n) is 4.71. The molecule has 1 aromatic carbocycles. The highest BCUT2D eigenvalue weighted by Gasteiger charge is 2.44. The standard InChI is InChI=1S/C18H25NO3/c1-2-21-16-10-9-15-18(16)22-13-12-19(15)17(20)11-8-14-6-4-3-5-7-14/h3-7,15-16,18H,2,8-13H2,1H3/t15-,16-,18-/m1/s1. The molecule has 0 aromatic heterocycles. The van der Waals surface area contributed by atoms with E-state index >= 15 is 0 Å². The van der Waals surface area contributed by atoms with Crippen LogP contribution in [-0.2, 0) is 20.7 Å². The van der Waals surface area contributed by atoms with Crippen LogP contribution in [0.5, 0.6) is 0 Å². The van der Waals surface area contributed by atoms with Crippen LogP contribution in [0.4, 0.5) is 0 Å². The summed E-state index contributed by atoms with van der Waals surface area (Å²) < 4.78 is 11.7. The number of aryl methyl sites for hydroxylation is 1. The maximum absolute atomic E-state index is 12.6. The number of amides is 1. The molecule has 1 saturated heterocycles. The van der Waals surface area contributed by atoms with Gasteiger partial charge in [-0.15, -0.1) is 0 Å². The first-order chi connectivity index (χ1) is 10.8. The van der Waals surface area contributed by atoms with E-state index in [2.05, 4.69) is 12.1 Å². The van der Waals surface area contributed by atoms with E-state index in [1.165, 1.54) is 5.56 Å². The maximum Gasteiger partial charge on any atom is 0.223 e. The second-order valence-corrected chi connectivity index (χ2v) is 6.05. The van der Waals surface area contributed by atoms with Crippen molar-refractivity contribution in [3.8, 4) is 0 Å². The Bertz CT molecular complexity index is 490. The lowest BCUT2D eigenvalue weighted by molar-refractivity contribution is -0.151. The summed E-state index contributed by atoms with van der Waals surface area (Å²) in [5, 5.41) is 0. The molecular formula is C18H25NO3. The molecule has 120 valence electrons. The van der Waals surface area contributed by atoms with E-state index in [0.29, 0.717) is 26.2 Å². The molecule has 0 unspecified atom stereocenters. The number of carbonyl (C=O) groups is 1. The molecule has 0 N–H and O–H groups in total. The molecule has 0 radical (unpaired) electrons. The number of morpholine rings is 1. The average Bonchev–Trinajstić information content (AvgIpc) is 2.97. The van der Waals surface area contributed by atoms with Crippen molar-refractivity contribution in [1.29, 1.82) is 0 Å². The first-order valence-corrected chi connectivity index (χ1v) is 8.36. The van der Waals surface area contributed by atoms with Crippen LogP contribution in [0.25, 0.3) is 0 Å². The largest absolute Gasteiger partial charge is 0.376 e. The fourth-order valence-electron chi connectivity index (χ4n) is 3.66. The summed E-state index contributed by atoms with van der Waals surface area (Å²) in [6.45, 7) is 4.06. The molecule has 4 heteroatoms. The number of benzene rings is 1. The van der Waals surface area contributed by atoms with Gasteiger partial charge in [0.05, 0.1) is 18.8 Å². The smallest absolute Gasteiger partial charge is 0.223 e. The van der Waals surface area contributed by atoms with Crippen molar-refractivity contribution in [1.82, 2.24) is 4.90 Å². The molecule has 22 heavy (non-hydrogen) atoms. The lowest BCUT2D eigenvalue weighted by Crippen LogP contribution is -2.53. The van der Waals surface area contributed by atoms with Gasteiger partial charge in [-0.25, -0.2) is 0 Å². The lowest BCUT2D eigenvalue weighted by Gasteiger charge is -2.39. The summed E-state index contributed by atoms with van der Waals surface area (Å²) in [5.74, 6) is 0.249. The Labute approximate surface area is 132 Å². The van der Waals surface area contributed by atoms with Gasteiger partial charge in [-0.3, -0.25) is 4.79 Å². The van der Waals surface area contributed by atoms with Crippen LogP contribution < -0.4 is 0 Å². The van der Waals surface area contributed by atoms with Crippen LogP contribution in [0.2, 0.25) is 0 Å². The van der Waals surface area contributed by atoms with Gasteiger partial charge in [-0.2, -0.15) is 0 Å². The number of nitrogens with zero attached hydrogens (tertiary/aromatic N) is 1. The van der Waals surface area contributed by atoms with E-state index in [1.807, 2.05) is 30.0 Å². The average molecular weight is 303 g/mol. The van der Waals surface area contributed by atoms with Crippen molar-refractivity contribution in [2.24, 2.45) is 0 Å². The normalized spacial score (nSPS) is 27.7. The molecule has 3 rings (SSSR count). The quantitative estimate of drug-likeness (QED) is 0.838. The molecule has 2 aliphatic rings. The molecule has 1 aromatic rings. The van der Waals surface area contributed by atoms with Crippen molar-refractivity contribution < 1.29 is 14.3 Å². The van der Waals surface area contributed by atoms with Crippen LogP contribution in [-0.4, -0.2) is 48.8 Å². The number of hydrogen-bond donors (Lipinski definition) is 0. The minimum atomic E-state index is 0.0642. The molecule has 0 bridgehead atoms. The maximum atomic E-state index is 12.6. The Balaban J connectivity index is 1.58. The van der Waals surface area contributed by atoms with Crippen LogP contribution in [0.15, 0.2) is 30.3 Å². The molecule has 2 fully saturated rings. The number of ether oxygens (including phenoxy) is 2. The molecular weight excluding hydrogens is 278 g/mol. The van der Waals surface area contributed by atoms with Crippen molar-refractivity contribution in [2.45, 2.75) is 50.9 Å². The molecule has 1 aliphatic heterocycles. The highest BCUT2D eigenvalue weighted by atomic mass is 16.5. The zero-order valence-electron chi connectivity index (χ0n) is 13.2. The van der Waals surface area contributed by atoms with Gasteiger partial charge in [0.15, 0.2) is 0 Å². The zero-order valence-corrected chi connectivity index (χ0v) is 13.2. The monoisotopic (exact) mass is 303 g/mol. The van der Waals surface area contributed by atoms with Gasteiger partial charge in [-0.05, 0) is 31.7 Å². The number of fused-ring (bicyclic) bond motifs is 1. The highest BCUT2D eigenvalue weighted by molar-refractivity contribution is 5.77. The third kappa shape index (κ3) is 3.33. The molecule has 1 heterocycles. The first-order valence-electron chi connectivity index (χ1n) is 8.36. The molecule has 1 amide bonds. The van der Waals surface area contributed by atoms with Gasteiger partial charge in [0.2, 0.25) is 5.91 Å². The lowest BCUT2D eigenvalue weighted by atomic mass is 10.1. The summed E-state index contributed by atoms with van der Waals surface area (Å²) >= 11 is 0. The van der Waals surface area contributed by atoms with E-state index in [9.17, 15) is 4.79 Å². The second kappa shape index (κ2) is 7.25. The summed E-state index contributed by atoms with van der Waals surface area (Å²) in [5.41, 5.74) is 1.22.